The minimum Gasteiger partial charge on any atom is -0.311 e. The smallest absolute Gasteiger partial charge is 0.0468 e. The summed E-state index contributed by atoms with van der Waals surface area (Å²) in [6.45, 7) is 0. The molecule has 0 amide bonds. The highest BCUT2D eigenvalue weighted by atomic mass is 15.2. The molecule has 0 fully saturated rings. The molecule has 2 unspecified atom stereocenters. The lowest BCUT2D eigenvalue weighted by Gasteiger charge is -2.32. The summed E-state index contributed by atoms with van der Waals surface area (Å²) in [6.07, 6.45) is 16.0. The van der Waals surface area contributed by atoms with E-state index in [1.54, 1.807) is 0 Å². The van der Waals surface area contributed by atoms with Gasteiger partial charge < -0.3 is 19.6 Å². The Balaban J connectivity index is 0.736. The third kappa shape index (κ3) is 10.0. The van der Waals surface area contributed by atoms with Crippen LogP contribution in [0.25, 0.3) is 65.0 Å². The zero-order valence-corrected chi connectivity index (χ0v) is 48.4. The number of benzene rings is 14. The molecule has 0 N–H and O–H groups in total. The van der Waals surface area contributed by atoms with Crippen molar-refractivity contribution in [1.29, 1.82) is 0 Å². The van der Waals surface area contributed by atoms with Crippen molar-refractivity contribution in [3.63, 3.8) is 0 Å². The number of nitrogens with zero attached hydrogens (tertiary/aromatic N) is 4. The van der Waals surface area contributed by atoms with E-state index in [0.717, 1.165) is 79.4 Å². The molecule has 88 heavy (non-hydrogen) atoms. The molecule has 0 heterocycles. The van der Waals surface area contributed by atoms with Gasteiger partial charge in [0.1, 0.15) is 0 Å². The molecule has 416 valence electrons. The molecule has 0 radical (unpaired) electrons. The molecule has 4 nitrogen and oxygen atoms in total. The van der Waals surface area contributed by atoms with Crippen molar-refractivity contribution in [1.82, 2.24) is 0 Å². The third-order valence-corrected chi connectivity index (χ3v) is 17.6. The van der Waals surface area contributed by atoms with Gasteiger partial charge in [0.05, 0.1) is 0 Å². The summed E-state index contributed by atoms with van der Waals surface area (Å²) in [6, 6.07) is 113. The van der Waals surface area contributed by atoms with Gasteiger partial charge in [0, 0.05) is 80.1 Å². The van der Waals surface area contributed by atoms with Crippen molar-refractivity contribution in [3.8, 4) is 11.1 Å². The van der Waals surface area contributed by atoms with E-state index in [0.29, 0.717) is 11.8 Å². The van der Waals surface area contributed by atoms with Crippen molar-refractivity contribution in [3.05, 3.63) is 358 Å². The Bertz CT molecular complexity index is 4980. The molecule has 0 saturated carbocycles. The normalized spacial score (nSPS) is 14.3. The molecule has 2 aliphatic rings. The Labute approximate surface area is 513 Å². The van der Waals surface area contributed by atoms with E-state index in [9.17, 15) is 0 Å². The SMILES string of the molecule is C1=CC2C=CC(N(c3ccc(N(c4ccc(-c5ccc(N(c6ccc(N(c7ccc8ccccc8c7)c7ccc8ccccc8c7)cc6)c6ccc7ccccc7c6)cc5)cc4)c4ccc5ccccc5c4)cc3)c3ccc4ccccc4c3)=CC2C=C1. The van der Waals surface area contributed by atoms with Gasteiger partial charge in [-0.1, -0.05) is 212 Å². The molecule has 16 rings (SSSR count). The fraction of sp³-hybridized carbons (Fsp3) is 0.0238. The van der Waals surface area contributed by atoms with E-state index in [1.807, 2.05) is 0 Å². The van der Waals surface area contributed by atoms with Gasteiger partial charge in [0.2, 0.25) is 0 Å². The van der Waals surface area contributed by atoms with Crippen LogP contribution in [-0.4, -0.2) is 0 Å². The fourth-order valence-electron chi connectivity index (χ4n) is 13.1. The summed E-state index contributed by atoms with van der Waals surface area (Å²) in [5, 5.41) is 12.1. The van der Waals surface area contributed by atoms with Crippen molar-refractivity contribution < 1.29 is 0 Å². The second-order valence-corrected chi connectivity index (χ2v) is 23.0. The average Bonchev–Trinajstić information content (AvgIpc) is 2.99. The molecule has 2 aliphatic carbocycles. The van der Waals surface area contributed by atoms with E-state index in [2.05, 4.69) is 372 Å². The number of hydrogen-bond acceptors (Lipinski definition) is 4. The predicted octanol–water partition coefficient (Wildman–Crippen LogP) is 23.5. The van der Waals surface area contributed by atoms with Crippen LogP contribution < -0.4 is 19.6 Å². The van der Waals surface area contributed by atoms with E-state index in [-0.39, 0.29) is 0 Å². The Hall–Kier alpha value is -11.5. The van der Waals surface area contributed by atoms with Crippen LogP contribution in [0.5, 0.6) is 0 Å². The van der Waals surface area contributed by atoms with Crippen molar-refractivity contribution in [2.24, 2.45) is 11.8 Å². The molecule has 14 aromatic carbocycles. The Morgan fingerprint density at radius 3 is 0.750 bits per heavy atom. The maximum absolute atomic E-state index is 2.42. The lowest BCUT2D eigenvalue weighted by atomic mass is 9.84. The molecule has 2 atom stereocenters. The Morgan fingerprint density at radius 1 is 0.193 bits per heavy atom. The van der Waals surface area contributed by atoms with Gasteiger partial charge in [0.25, 0.3) is 0 Å². The largest absolute Gasteiger partial charge is 0.311 e. The predicted molar refractivity (Wildman–Crippen MR) is 375 cm³/mol. The van der Waals surface area contributed by atoms with Crippen LogP contribution in [0.1, 0.15) is 0 Å². The van der Waals surface area contributed by atoms with Crippen molar-refractivity contribution in [2.75, 3.05) is 19.6 Å². The van der Waals surface area contributed by atoms with Gasteiger partial charge in [-0.3, -0.25) is 0 Å². The van der Waals surface area contributed by atoms with Gasteiger partial charge in [-0.05, 0) is 205 Å². The minimum atomic E-state index is 0.299. The monoisotopic (exact) mass is 1120 g/mol. The fourth-order valence-corrected chi connectivity index (χ4v) is 13.1. The van der Waals surface area contributed by atoms with E-state index in [4.69, 9.17) is 0 Å². The highest BCUT2D eigenvalue weighted by Crippen LogP contribution is 2.45. The molecule has 14 aromatic rings. The number of hydrogen-bond donors (Lipinski definition) is 0. The summed E-state index contributed by atoms with van der Waals surface area (Å²) >= 11 is 0. The van der Waals surface area contributed by atoms with E-state index in [1.165, 1.54) is 53.9 Å². The van der Waals surface area contributed by atoms with Gasteiger partial charge in [-0.25, -0.2) is 0 Å². The highest BCUT2D eigenvalue weighted by molar-refractivity contribution is 5.96. The lowest BCUT2D eigenvalue weighted by Crippen LogP contribution is -2.21. The first-order valence-corrected chi connectivity index (χ1v) is 30.4. The second kappa shape index (κ2) is 22.5. The van der Waals surface area contributed by atoms with E-state index >= 15 is 0 Å². The van der Waals surface area contributed by atoms with Gasteiger partial charge in [-0.2, -0.15) is 0 Å². The van der Waals surface area contributed by atoms with Crippen LogP contribution in [0.4, 0.5) is 62.6 Å². The molecule has 4 heteroatoms. The number of allylic oxidation sites excluding steroid dienone is 7. The second-order valence-electron chi connectivity index (χ2n) is 23.0. The summed E-state index contributed by atoms with van der Waals surface area (Å²) in [5.41, 5.74) is 15.4. The molecule has 0 spiro atoms. The topological polar surface area (TPSA) is 13.0 Å². The molecule has 0 aromatic heterocycles. The summed E-state index contributed by atoms with van der Waals surface area (Å²) in [5.74, 6) is 0.660. The Morgan fingerprint density at radius 2 is 0.432 bits per heavy atom. The van der Waals surface area contributed by atoms with Crippen LogP contribution in [0.3, 0.4) is 0 Å². The summed E-state index contributed by atoms with van der Waals surface area (Å²) in [7, 11) is 0. The minimum absolute atomic E-state index is 0.299. The molecule has 0 bridgehead atoms. The van der Waals surface area contributed by atoms with Gasteiger partial charge in [-0.15, -0.1) is 0 Å². The van der Waals surface area contributed by atoms with Gasteiger partial charge >= 0.3 is 0 Å². The summed E-state index contributed by atoms with van der Waals surface area (Å²) < 4.78 is 0. The molecule has 0 saturated heterocycles. The van der Waals surface area contributed by atoms with Crippen LogP contribution in [0, 0.1) is 11.8 Å². The highest BCUT2D eigenvalue weighted by Gasteiger charge is 2.24. The van der Waals surface area contributed by atoms with Crippen LogP contribution >= 0.6 is 0 Å². The molecule has 0 aliphatic heterocycles. The van der Waals surface area contributed by atoms with Gasteiger partial charge in [0.15, 0.2) is 0 Å². The average molecular weight is 1130 g/mol. The maximum Gasteiger partial charge on any atom is 0.0468 e. The van der Waals surface area contributed by atoms with Crippen LogP contribution in [0.15, 0.2) is 358 Å². The maximum atomic E-state index is 2.42. The molecular weight excluding hydrogens is 1060 g/mol. The summed E-state index contributed by atoms with van der Waals surface area (Å²) in [4.78, 5) is 9.52. The van der Waals surface area contributed by atoms with Crippen molar-refractivity contribution >= 4 is 116 Å². The van der Waals surface area contributed by atoms with E-state index < -0.39 is 0 Å². The quantitative estimate of drug-likeness (QED) is 0.114. The first-order valence-electron chi connectivity index (χ1n) is 30.4. The first-order chi connectivity index (χ1) is 43.6. The van der Waals surface area contributed by atoms with Crippen LogP contribution in [-0.2, 0) is 0 Å². The number of rotatable bonds is 13. The standard InChI is InChI=1S/C84H60N4/c1-7-19-67-53-79(39-29-59(67)13-1)85(75-45-49-77(50-46-75)87(81-41-31-61-15-3-9-21-69(61)55-81)82-42-32-62-16-4-10-22-70(62)56-82)73-35-25-65(26-36-73)66-27-37-74(38-28-66)86(80-40-30-60-14-2-8-20-68(60)54-80)76-47-51-78(52-48-76)88(83-43-33-63-17-5-11-23-71(63)57-83)84-44-34-64-18-6-12-24-72(64)58-84/h1-58,61,69H. The number of fused-ring (bicyclic) bond motifs is 6. The first kappa shape index (κ1) is 52.1. The van der Waals surface area contributed by atoms with Crippen LogP contribution in [0.2, 0.25) is 0 Å². The zero-order chi connectivity index (χ0) is 58.3. The Kier molecular flexibility index (Phi) is 13.3. The van der Waals surface area contributed by atoms with Crippen molar-refractivity contribution in [2.45, 2.75) is 0 Å². The number of anilines is 11. The lowest BCUT2D eigenvalue weighted by molar-refractivity contribution is 0.652. The third-order valence-electron chi connectivity index (χ3n) is 17.6. The zero-order valence-electron chi connectivity index (χ0n) is 48.4. The molecular formula is C84H60N4.